The van der Waals surface area contributed by atoms with Crippen molar-refractivity contribution >= 4 is 35.6 Å². The van der Waals surface area contributed by atoms with E-state index in [4.69, 9.17) is 10.5 Å². The van der Waals surface area contributed by atoms with E-state index in [-0.39, 0.29) is 41.4 Å². The number of guanidine groups is 1. The summed E-state index contributed by atoms with van der Waals surface area (Å²) < 4.78 is 45.2. The lowest BCUT2D eigenvalue weighted by Gasteiger charge is -2.14. The minimum absolute atomic E-state index is 0. The molecule has 0 unspecified atom stereocenters. The van der Waals surface area contributed by atoms with Crippen LogP contribution in [0.4, 0.5) is 18.9 Å². The molecule has 0 spiro atoms. The van der Waals surface area contributed by atoms with Crippen molar-refractivity contribution in [2.75, 3.05) is 25.6 Å². The number of rotatable bonds is 5. The predicted molar refractivity (Wildman–Crippen MR) is 80.5 cm³/mol. The average Bonchev–Trinajstić information content (AvgIpc) is 2.30. The van der Waals surface area contributed by atoms with Crippen molar-refractivity contribution < 1.29 is 22.6 Å². The number of hydrogen-bond donors (Lipinski definition) is 2. The SMILES string of the molecule is COCCN=C(N)Nc1ccccc1OC(F)(F)F.I. The second kappa shape index (κ2) is 8.84. The number of anilines is 1. The van der Waals surface area contributed by atoms with Gasteiger partial charge in [-0.1, -0.05) is 12.1 Å². The first-order chi connectivity index (χ1) is 8.92. The number of hydrogen-bond acceptors (Lipinski definition) is 3. The van der Waals surface area contributed by atoms with E-state index in [1.165, 1.54) is 25.3 Å². The summed E-state index contributed by atoms with van der Waals surface area (Å²) in [5.41, 5.74) is 5.61. The van der Waals surface area contributed by atoms with Crippen molar-refractivity contribution in [3.63, 3.8) is 0 Å². The minimum atomic E-state index is -4.76. The standard InChI is InChI=1S/C11H14F3N3O2.HI/c1-18-7-6-16-10(15)17-8-4-2-3-5-9(8)19-11(12,13)14;/h2-5H,6-7H2,1H3,(H3,15,16,17);1H. The van der Waals surface area contributed by atoms with E-state index < -0.39 is 6.36 Å². The summed E-state index contributed by atoms with van der Waals surface area (Å²) in [6, 6.07) is 5.55. The molecule has 0 amide bonds. The van der Waals surface area contributed by atoms with Gasteiger partial charge in [-0.25, -0.2) is 0 Å². The Morgan fingerprint density at radius 2 is 2.00 bits per heavy atom. The van der Waals surface area contributed by atoms with Crippen molar-refractivity contribution in [1.29, 1.82) is 0 Å². The van der Waals surface area contributed by atoms with E-state index in [1.54, 1.807) is 6.07 Å². The van der Waals surface area contributed by atoms with Crippen LogP contribution in [0.1, 0.15) is 0 Å². The number of nitrogens with one attached hydrogen (secondary N) is 1. The fourth-order valence-corrected chi connectivity index (χ4v) is 1.22. The number of nitrogens with zero attached hydrogens (tertiary/aromatic N) is 1. The number of para-hydroxylation sites is 2. The monoisotopic (exact) mass is 405 g/mol. The molecule has 3 N–H and O–H groups in total. The number of aliphatic imine (C=N–C) groups is 1. The van der Waals surface area contributed by atoms with Gasteiger partial charge in [-0.15, -0.1) is 37.1 Å². The van der Waals surface area contributed by atoms with E-state index >= 15 is 0 Å². The van der Waals surface area contributed by atoms with Gasteiger partial charge in [-0.05, 0) is 12.1 Å². The molecule has 9 heteroatoms. The molecule has 114 valence electrons. The second-order valence-corrected chi connectivity index (χ2v) is 3.43. The van der Waals surface area contributed by atoms with Crippen LogP contribution < -0.4 is 15.8 Å². The van der Waals surface area contributed by atoms with Crippen LogP contribution in [-0.4, -0.2) is 32.6 Å². The molecule has 0 atom stereocenters. The zero-order valence-electron chi connectivity index (χ0n) is 10.6. The fourth-order valence-electron chi connectivity index (χ4n) is 1.22. The topological polar surface area (TPSA) is 68.9 Å². The third-order valence-electron chi connectivity index (χ3n) is 1.95. The molecule has 0 saturated carbocycles. The van der Waals surface area contributed by atoms with Gasteiger partial charge >= 0.3 is 6.36 Å². The third-order valence-corrected chi connectivity index (χ3v) is 1.95. The Balaban J connectivity index is 0.00000361. The molecule has 5 nitrogen and oxygen atoms in total. The largest absolute Gasteiger partial charge is 0.573 e. The number of ether oxygens (including phenoxy) is 2. The van der Waals surface area contributed by atoms with E-state index in [9.17, 15) is 13.2 Å². The van der Waals surface area contributed by atoms with E-state index in [2.05, 4.69) is 15.0 Å². The molecule has 1 aromatic carbocycles. The molecule has 0 aliphatic rings. The summed E-state index contributed by atoms with van der Waals surface area (Å²) in [5.74, 6) is -0.393. The van der Waals surface area contributed by atoms with Crippen LogP contribution in [0.15, 0.2) is 29.3 Å². The maximum absolute atomic E-state index is 12.2. The first-order valence-corrected chi connectivity index (χ1v) is 5.33. The first kappa shape index (κ1) is 18.8. The number of alkyl halides is 3. The normalized spacial score (nSPS) is 11.7. The van der Waals surface area contributed by atoms with Gasteiger partial charge in [0.1, 0.15) is 0 Å². The van der Waals surface area contributed by atoms with E-state index in [0.29, 0.717) is 13.2 Å². The summed E-state index contributed by atoms with van der Waals surface area (Å²) in [4.78, 5) is 3.87. The second-order valence-electron chi connectivity index (χ2n) is 3.43. The van der Waals surface area contributed by atoms with Crippen LogP contribution >= 0.6 is 24.0 Å². The van der Waals surface area contributed by atoms with Crippen LogP contribution in [0.3, 0.4) is 0 Å². The molecular formula is C11H15F3IN3O2. The lowest BCUT2D eigenvalue weighted by atomic mass is 10.3. The van der Waals surface area contributed by atoms with Gasteiger partial charge < -0.3 is 20.5 Å². The van der Waals surface area contributed by atoms with Crippen LogP contribution in [-0.2, 0) is 4.74 Å². The summed E-state index contributed by atoms with van der Waals surface area (Å²) >= 11 is 0. The van der Waals surface area contributed by atoms with Crippen LogP contribution in [0.2, 0.25) is 0 Å². The summed E-state index contributed by atoms with van der Waals surface area (Å²) in [7, 11) is 1.51. The number of benzene rings is 1. The molecule has 0 heterocycles. The van der Waals surface area contributed by atoms with E-state index in [0.717, 1.165) is 0 Å². The Morgan fingerprint density at radius 1 is 1.35 bits per heavy atom. The lowest BCUT2D eigenvalue weighted by Crippen LogP contribution is -2.25. The highest BCUT2D eigenvalue weighted by atomic mass is 127. The number of nitrogens with two attached hydrogens (primary N) is 1. The van der Waals surface area contributed by atoms with E-state index in [1.807, 2.05) is 0 Å². The minimum Gasteiger partial charge on any atom is -0.404 e. The highest BCUT2D eigenvalue weighted by molar-refractivity contribution is 14.0. The Morgan fingerprint density at radius 3 is 2.60 bits per heavy atom. The molecular weight excluding hydrogens is 390 g/mol. The Labute approximate surface area is 131 Å². The fraction of sp³-hybridized carbons (Fsp3) is 0.364. The molecule has 0 radical (unpaired) electrons. The summed E-state index contributed by atoms with van der Waals surface area (Å²) in [6.07, 6.45) is -4.76. The molecule has 0 aliphatic heterocycles. The zero-order chi connectivity index (χ0) is 14.3. The average molecular weight is 405 g/mol. The molecule has 1 rings (SSSR count). The molecule has 0 saturated heterocycles. The van der Waals surface area contributed by atoms with Gasteiger partial charge in [0, 0.05) is 7.11 Å². The maximum atomic E-state index is 12.2. The summed E-state index contributed by atoms with van der Waals surface area (Å²) in [5, 5.41) is 2.54. The summed E-state index contributed by atoms with van der Waals surface area (Å²) in [6.45, 7) is 0.667. The van der Waals surface area contributed by atoms with Crippen molar-refractivity contribution in [3.8, 4) is 5.75 Å². The molecule has 0 aromatic heterocycles. The van der Waals surface area contributed by atoms with Gasteiger partial charge in [-0.2, -0.15) is 0 Å². The Bertz CT molecular complexity index is 441. The van der Waals surface area contributed by atoms with Gasteiger partial charge in [0.15, 0.2) is 11.7 Å². The molecule has 0 fully saturated rings. The van der Waals surface area contributed by atoms with Crippen molar-refractivity contribution in [2.45, 2.75) is 6.36 Å². The first-order valence-electron chi connectivity index (χ1n) is 5.33. The number of halogens is 4. The lowest BCUT2D eigenvalue weighted by molar-refractivity contribution is -0.274. The zero-order valence-corrected chi connectivity index (χ0v) is 12.9. The predicted octanol–water partition coefficient (Wildman–Crippen LogP) is 2.58. The van der Waals surface area contributed by atoms with Crippen LogP contribution in [0.5, 0.6) is 5.75 Å². The molecule has 20 heavy (non-hydrogen) atoms. The third kappa shape index (κ3) is 7.38. The smallest absolute Gasteiger partial charge is 0.404 e. The molecule has 1 aromatic rings. The van der Waals surface area contributed by atoms with Gasteiger partial charge in [0.2, 0.25) is 0 Å². The highest BCUT2D eigenvalue weighted by Gasteiger charge is 2.32. The van der Waals surface area contributed by atoms with Crippen molar-refractivity contribution in [3.05, 3.63) is 24.3 Å². The van der Waals surface area contributed by atoms with Crippen molar-refractivity contribution in [2.24, 2.45) is 10.7 Å². The Hall–Kier alpha value is -1.23. The van der Waals surface area contributed by atoms with Gasteiger partial charge in [0.25, 0.3) is 0 Å². The maximum Gasteiger partial charge on any atom is 0.573 e. The van der Waals surface area contributed by atoms with Crippen LogP contribution in [0.25, 0.3) is 0 Å². The molecule has 0 bridgehead atoms. The Kier molecular flexibility index (Phi) is 8.30. The van der Waals surface area contributed by atoms with Gasteiger partial charge in [-0.3, -0.25) is 4.99 Å². The quantitative estimate of drug-likeness (QED) is 0.342. The van der Waals surface area contributed by atoms with Gasteiger partial charge in [0.05, 0.1) is 18.8 Å². The number of methoxy groups -OCH3 is 1. The van der Waals surface area contributed by atoms with Crippen LogP contribution in [0, 0.1) is 0 Å². The van der Waals surface area contributed by atoms with Crippen molar-refractivity contribution in [1.82, 2.24) is 0 Å². The molecule has 0 aliphatic carbocycles. The highest BCUT2D eigenvalue weighted by Crippen LogP contribution is 2.29.